The zero-order valence-corrected chi connectivity index (χ0v) is 21.1. The van der Waals surface area contributed by atoms with E-state index in [-0.39, 0.29) is 0 Å². The molecule has 2 aromatic rings. The van der Waals surface area contributed by atoms with Crippen LogP contribution < -0.4 is 20.7 Å². The first-order valence-electron chi connectivity index (χ1n) is 13.0. The molecule has 0 radical (unpaired) electrons. The minimum absolute atomic E-state index is 0.431. The molecule has 1 aromatic carbocycles. The summed E-state index contributed by atoms with van der Waals surface area (Å²) >= 11 is 0. The van der Waals surface area contributed by atoms with Gasteiger partial charge in [-0.3, -0.25) is 4.90 Å². The van der Waals surface area contributed by atoms with Gasteiger partial charge in [-0.05, 0) is 62.9 Å². The van der Waals surface area contributed by atoms with Gasteiger partial charge in [0.1, 0.15) is 5.75 Å². The molecule has 2 heterocycles. The third-order valence-corrected chi connectivity index (χ3v) is 7.13. The first-order valence-corrected chi connectivity index (χ1v) is 13.0. The molecule has 1 saturated carbocycles. The van der Waals surface area contributed by atoms with Gasteiger partial charge in [-0.2, -0.15) is 15.0 Å². The molecule has 0 spiro atoms. The highest BCUT2D eigenvalue weighted by Crippen LogP contribution is 2.22. The number of aryl methyl sites for hydroxylation is 1. The van der Waals surface area contributed by atoms with Gasteiger partial charge in [0.05, 0.1) is 7.11 Å². The van der Waals surface area contributed by atoms with Gasteiger partial charge < -0.3 is 20.7 Å². The molecule has 1 atom stereocenters. The van der Waals surface area contributed by atoms with Crippen LogP contribution in [0, 0.1) is 6.92 Å². The van der Waals surface area contributed by atoms with Gasteiger partial charge in [-0.25, -0.2) is 0 Å². The highest BCUT2D eigenvalue weighted by molar-refractivity contribution is 5.44. The third kappa shape index (κ3) is 6.72. The fourth-order valence-electron chi connectivity index (χ4n) is 5.19. The van der Waals surface area contributed by atoms with Crippen molar-refractivity contribution >= 4 is 17.8 Å². The molecule has 2 aliphatic rings. The van der Waals surface area contributed by atoms with E-state index in [1.807, 2.05) is 6.07 Å². The van der Waals surface area contributed by atoms with E-state index in [0.29, 0.717) is 36.5 Å². The van der Waals surface area contributed by atoms with Crippen LogP contribution in [0.2, 0.25) is 0 Å². The maximum atomic E-state index is 5.39. The topological polar surface area (TPSA) is 87.2 Å². The Morgan fingerprint density at radius 2 is 1.68 bits per heavy atom. The van der Waals surface area contributed by atoms with Crippen LogP contribution in [-0.2, 0) is 6.54 Å². The largest absolute Gasteiger partial charge is 0.496 e. The van der Waals surface area contributed by atoms with Crippen molar-refractivity contribution in [3.63, 3.8) is 0 Å². The SMILES string of the molecule is CCN1CCCC1CNc1nc(NCc2ccc(OC)c(C)c2)nc(NC2CCCCCC2)n1. The molecule has 1 aliphatic heterocycles. The monoisotopic (exact) mass is 467 g/mol. The third-order valence-electron chi connectivity index (χ3n) is 7.13. The summed E-state index contributed by atoms with van der Waals surface area (Å²) in [5.41, 5.74) is 2.28. The molecule has 1 unspecified atom stereocenters. The lowest BCUT2D eigenvalue weighted by Crippen LogP contribution is -2.35. The highest BCUT2D eigenvalue weighted by Gasteiger charge is 2.23. The first kappa shape index (κ1) is 24.5. The Hall–Kier alpha value is -2.61. The Balaban J connectivity index is 1.46. The van der Waals surface area contributed by atoms with Crippen molar-refractivity contribution in [3.8, 4) is 5.75 Å². The number of methoxy groups -OCH3 is 1. The number of likely N-dealkylation sites (N-methyl/N-ethyl adjacent to an activating group) is 1. The summed E-state index contributed by atoms with van der Waals surface area (Å²) < 4.78 is 5.39. The van der Waals surface area contributed by atoms with Gasteiger partial charge in [-0.1, -0.05) is 44.7 Å². The average molecular weight is 468 g/mol. The zero-order valence-electron chi connectivity index (χ0n) is 21.1. The minimum atomic E-state index is 0.431. The van der Waals surface area contributed by atoms with Crippen LogP contribution in [0.5, 0.6) is 5.75 Å². The van der Waals surface area contributed by atoms with E-state index in [2.05, 4.69) is 46.8 Å². The Bertz CT molecular complexity index is 914. The molecule has 0 amide bonds. The second-order valence-electron chi connectivity index (χ2n) is 9.60. The van der Waals surface area contributed by atoms with Crippen molar-refractivity contribution in [3.05, 3.63) is 29.3 Å². The van der Waals surface area contributed by atoms with Crippen molar-refractivity contribution in [2.45, 2.75) is 83.8 Å². The lowest BCUT2D eigenvalue weighted by Gasteiger charge is -2.23. The van der Waals surface area contributed by atoms with E-state index < -0.39 is 0 Å². The fourth-order valence-corrected chi connectivity index (χ4v) is 5.19. The first-order chi connectivity index (χ1) is 16.6. The number of benzene rings is 1. The van der Waals surface area contributed by atoms with Crippen molar-refractivity contribution in [1.29, 1.82) is 0 Å². The van der Waals surface area contributed by atoms with Crippen molar-refractivity contribution in [1.82, 2.24) is 19.9 Å². The quantitative estimate of drug-likeness (QED) is 0.428. The van der Waals surface area contributed by atoms with Gasteiger partial charge in [-0.15, -0.1) is 0 Å². The number of hydrogen-bond acceptors (Lipinski definition) is 8. The van der Waals surface area contributed by atoms with Crippen LogP contribution in [0.15, 0.2) is 18.2 Å². The maximum absolute atomic E-state index is 5.39. The molecular formula is C26H41N7O. The summed E-state index contributed by atoms with van der Waals surface area (Å²) in [6, 6.07) is 7.19. The summed E-state index contributed by atoms with van der Waals surface area (Å²) in [7, 11) is 1.70. The van der Waals surface area contributed by atoms with Crippen LogP contribution in [0.4, 0.5) is 17.8 Å². The summed E-state index contributed by atoms with van der Waals surface area (Å²) in [5.74, 6) is 2.80. The number of hydrogen-bond donors (Lipinski definition) is 3. The van der Waals surface area contributed by atoms with Gasteiger partial charge >= 0.3 is 0 Å². The summed E-state index contributed by atoms with van der Waals surface area (Å²) in [6.45, 7) is 8.07. The second-order valence-corrected chi connectivity index (χ2v) is 9.60. The van der Waals surface area contributed by atoms with Gasteiger partial charge in [0, 0.05) is 25.2 Å². The maximum Gasteiger partial charge on any atom is 0.229 e. The van der Waals surface area contributed by atoms with Crippen LogP contribution in [0.3, 0.4) is 0 Å². The number of anilines is 3. The van der Waals surface area contributed by atoms with E-state index in [0.717, 1.165) is 30.0 Å². The molecule has 1 aromatic heterocycles. The smallest absolute Gasteiger partial charge is 0.229 e. The molecule has 1 aliphatic carbocycles. The number of rotatable bonds is 10. The number of nitrogens with one attached hydrogen (secondary N) is 3. The molecule has 3 N–H and O–H groups in total. The van der Waals surface area contributed by atoms with Gasteiger partial charge in [0.15, 0.2) is 0 Å². The van der Waals surface area contributed by atoms with E-state index in [9.17, 15) is 0 Å². The number of likely N-dealkylation sites (tertiary alicyclic amines) is 1. The van der Waals surface area contributed by atoms with Crippen LogP contribution in [0.25, 0.3) is 0 Å². The van der Waals surface area contributed by atoms with Crippen molar-refractivity contribution in [2.24, 2.45) is 0 Å². The van der Waals surface area contributed by atoms with Crippen LogP contribution in [-0.4, -0.2) is 58.7 Å². The second kappa shape index (κ2) is 12.2. The number of nitrogens with zero attached hydrogens (tertiary/aromatic N) is 4. The summed E-state index contributed by atoms with van der Waals surface area (Å²) in [4.78, 5) is 16.7. The van der Waals surface area contributed by atoms with Gasteiger partial charge in [0.2, 0.25) is 17.8 Å². The Kier molecular flexibility index (Phi) is 8.79. The molecule has 8 nitrogen and oxygen atoms in total. The lowest BCUT2D eigenvalue weighted by molar-refractivity contribution is 0.277. The van der Waals surface area contributed by atoms with Crippen LogP contribution >= 0.6 is 0 Å². The summed E-state index contributed by atoms with van der Waals surface area (Å²) in [5, 5.41) is 10.5. The van der Waals surface area contributed by atoms with Crippen molar-refractivity contribution < 1.29 is 4.74 Å². The van der Waals surface area contributed by atoms with Crippen LogP contribution in [0.1, 0.15) is 69.4 Å². The molecule has 4 rings (SSSR count). The fraction of sp³-hybridized carbons (Fsp3) is 0.654. The molecule has 34 heavy (non-hydrogen) atoms. The molecule has 0 bridgehead atoms. The average Bonchev–Trinajstić information content (AvgIpc) is 3.16. The normalized spacial score (nSPS) is 19.6. The minimum Gasteiger partial charge on any atom is -0.496 e. The van der Waals surface area contributed by atoms with E-state index >= 15 is 0 Å². The van der Waals surface area contributed by atoms with E-state index in [1.54, 1.807) is 7.11 Å². The van der Waals surface area contributed by atoms with E-state index in [1.165, 1.54) is 57.9 Å². The highest BCUT2D eigenvalue weighted by atomic mass is 16.5. The molecular weight excluding hydrogens is 426 g/mol. The molecule has 186 valence electrons. The molecule has 8 heteroatoms. The Morgan fingerprint density at radius 3 is 2.38 bits per heavy atom. The number of aromatic nitrogens is 3. The predicted octanol–water partition coefficient (Wildman–Crippen LogP) is 4.83. The molecule has 2 fully saturated rings. The van der Waals surface area contributed by atoms with Gasteiger partial charge in [0.25, 0.3) is 0 Å². The zero-order chi connectivity index (χ0) is 23.8. The van der Waals surface area contributed by atoms with Crippen molar-refractivity contribution in [2.75, 3.05) is 42.7 Å². The Labute approximate surface area is 204 Å². The predicted molar refractivity (Wildman–Crippen MR) is 139 cm³/mol. The molecule has 1 saturated heterocycles. The summed E-state index contributed by atoms with van der Waals surface area (Å²) in [6.07, 6.45) is 10.0. The Morgan fingerprint density at radius 1 is 0.941 bits per heavy atom. The van der Waals surface area contributed by atoms with E-state index in [4.69, 9.17) is 19.7 Å². The standard InChI is InChI=1S/C26H41N7O/c1-4-33-15-9-12-22(33)18-28-25-30-24(27-17-20-13-14-23(34-3)19(2)16-20)31-26(32-25)29-21-10-7-5-6-8-11-21/h13-14,16,21-22H,4-12,15,17-18H2,1-3H3,(H3,27,28,29,30,31,32). The number of ether oxygens (including phenoxy) is 1. The lowest BCUT2D eigenvalue weighted by atomic mass is 10.1.